The normalized spacial score (nSPS) is 16.6. The number of carbonyl (C=O) groups excluding carboxylic acids is 1. The van der Waals surface area contributed by atoms with Gasteiger partial charge in [-0.2, -0.15) is 0 Å². The minimum absolute atomic E-state index is 0.0683. The maximum Gasteiger partial charge on any atom is 0.228 e. The van der Waals surface area contributed by atoms with E-state index >= 15 is 0 Å². The molecule has 0 aliphatic heterocycles. The molecule has 0 heterocycles. The molecule has 0 unspecified atom stereocenters. The minimum atomic E-state index is -1.20. The maximum atomic E-state index is 12.3. The summed E-state index contributed by atoms with van der Waals surface area (Å²) in [6.07, 6.45) is 0. The van der Waals surface area contributed by atoms with Gasteiger partial charge in [-0.3, -0.25) is 4.79 Å². The molecule has 1 rings (SSSR count). The smallest absolute Gasteiger partial charge is 0.228 e. The predicted octanol–water partition coefficient (Wildman–Crippen LogP) is 2.64. The molecule has 3 nitrogen and oxygen atoms in total. The van der Waals surface area contributed by atoms with Crippen molar-refractivity contribution < 1.29 is 9.90 Å². The van der Waals surface area contributed by atoms with E-state index in [1.807, 2.05) is 51.1 Å². The van der Waals surface area contributed by atoms with Crippen molar-refractivity contribution in [3.8, 4) is 0 Å². The second-order valence-corrected chi connectivity index (χ2v) is 6.34. The first kappa shape index (κ1) is 15.7. The Balaban J connectivity index is 3.34. The van der Waals surface area contributed by atoms with Gasteiger partial charge < -0.3 is 10.0 Å². The van der Waals surface area contributed by atoms with Crippen LogP contribution in [0.1, 0.15) is 33.3 Å². The van der Waals surface area contributed by atoms with Crippen molar-refractivity contribution in [2.75, 3.05) is 14.1 Å². The molecule has 1 aromatic rings. The molecule has 0 spiro atoms. The molecular formula is C16H25NO2. The second-order valence-electron chi connectivity index (χ2n) is 6.34. The van der Waals surface area contributed by atoms with E-state index < -0.39 is 16.9 Å². The van der Waals surface area contributed by atoms with Crippen molar-refractivity contribution >= 4 is 5.91 Å². The van der Waals surface area contributed by atoms with Crippen LogP contribution in [0, 0.1) is 11.3 Å². The second kappa shape index (κ2) is 5.33. The molecule has 0 saturated heterocycles. The molecule has 0 fully saturated rings. The minimum Gasteiger partial charge on any atom is -0.384 e. The number of amides is 1. The van der Waals surface area contributed by atoms with Crippen LogP contribution in [0.3, 0.4) is 0 Å². The van der Waals surface area contributed by atoms with Crippen molar-refractivity contribution in [2.24, 2.45) is 11.3 Å². The van der Waals surface area contributed by atoms with Crippen LogP contribution in [0.2, 0.25) is 0 Å². The molecule has 106 valence electrons. The summed E-state index contributed by atoms with van der Waals surface area (Å²) < 4.78 is 0. The molecule has 0 saturated carbocycles. The van der Waals surface area contributed by atoms with Crippen molar-refractivity contribution in [1.82, 2.24) is 4.90 Å². The average molecular weight is 263 g/mol. The number of aliphatic hydroxyl groups is 1. The van der Waals surface area contributed by atoms with Crippen molar-refractivity contribution in [3.63, 3.8) is 0 Å². The Morgan fingerprint density at radius 2 is 1.63 bits per heavy atom. The van der Waals surface area contributed by atoms with E-state index in [-0.39, 0.29) is 5.91 Å². The van der Waals surface area contributed by atoms with E-state index in [2.05, 4.69) is 0 Å². The molecule has 0 aliphatic carbocycles. The summed E-state index contributed by atoms with van der Waals surface area (Å²) >= 11 is 0. The van der Waals surface area contributed by atoms with Gasteiger partial charge in [0.05, 0.1) is 5.92 Å². The fraction of sp³-hybridized carbons (Fsp3) is 0.562. The summed E-state index contributed by atoms with van der Waals surface area (Å²) in [5.41, 5.74) is -0.861. The topological polar surface area (TPSA) is 40.5 Å². The highest BCUT2D eigenvalue weighted by molar-refractivity contribution is 5.79. The summed E-state index contributed by atoms with van der Waals surface area (Å²) in [5.74, 6) is -0.578. The van der Waals surface area contributed by atoms with E-state index in [4.69, 9.17) is 0 Å². The number of carbonyl (C=O) groups is 1. The molecule has 19 heavy (non-hydrogen) atoms. The van der Waals surface area contributed by atoms with Gasteiger partial charge in [-0.15, -0.1) is 0 Å². The lowest BCUT2D eigenvalue weighted by Crippen LogP contribution is -2.50. The van der Waals surface area contributed by atoms with Crippen LogP contribution in [0.5, 0.6) is 0 Å². The van der Waals surface area contributed by atoms with Gasteiger partial charge in [-0.05, 0) is 11.0 Å². The van der Waals surface area contributed by atoms with Gasteiger partial charge in [-0.1, -0.05) is 58.0 Å². The highest BCUT2D eigenvalue weighted by Gasteiger charge is 2.49. The zero-order valence-corrected chi connectivity index (χ0v) is 12.8. The van der Waals surface area contributed by atoms with Gasteiger partial charge in [0.25, 0.3) is 0 Å². The quantitative estimate of drug-likeness (QED) is 0.910. The molecule has 0 bridgehead atoms. The monoisotopic (exact) mass is 263 g/mol. The van der Waals surface area contributed by atoms with E-state index in [1.165, 1.54) is 4.90 Å². The zero-order valence-electron chi connectivity index (χ0n) is 12.8. The SMILES string of the molecule is C[C@H](C(=O)N(C)C)[C@@](O)(c1ccccc1)C(C)(C)C. The van der Waals surface area contributed by atoms with E-state index in [0.717, 1.165) is 5.56 Å². The van der Waals surface area contributed by atoms with Crippen LogP contribution >= 0.6 is 0 Å². The Labute approximate surface area is 116 Å². The average Bonchev–Trinajstić information content (AvgIpc) is 2.35. The summed E-state index contributed by atoms with van der Waals surface area (Å²) in [7, 11) is 3.43. The number of benzene rings is 1. The standard InChI is InChI=1S/C16H25NO2/c1-12(14(18)17(5)6)16(19,15(2,3)4)13-10-8-7-9-11-13/h7-12,19H,1-6H3/t12-,16-/m1/s1. The van der Waals surface area contributed by atoms with Gasteiger partial charge >= 0.3 is 0 Å². The zero-order chi connectivity index (χ0) is 14.8. The summed E-state index contributed by atoms with van der Waals surface area (Å²) in [6, 6.07) is 9.44. The van der Waals surface area contributed by atoms with Crippen LogP contribution < -0.4 is 0 Å². The molecule has 1 N–H and O–H groups in total. The van der Waals surface area contributed by atoms with Crippen molar-refractivity contribution in [3.05, 3.63) is 35.9 Å². The van der Waals surface area contributed by atoms with Crippen LogP contribution in [-0.2, 0) is 10.4 Å². The molecule has 1 amide bonds. The van der Waals surface area contributed by atoms with Crippen LogP contribution in [0.4, 0.5) is 0 Å². The van der Waals surface area contributed by atoms with Crippen LogP contribution in [-0.4, -0.2) is 30.0 Å². The van der Waals surface area contributed by atoms with Crippen molar-refractivity contribution in [2.45, 2.75) is 33.3 Å². The first-order valence-electron chi connectivity index (χ1n) is 6.61. The van der Waals surface area contributed by atoms with Crippen LogP contribution in [0.25, 0.3) is 0 Å². The summed E-state index contributed by atoms with van der Waals surface area (Å²) in [4.78, 5) is 13.8. The molecule has 0 aromatic heterocycles. The fourth-order valence-electron chi connectivity index (χ4n) is 2.59. The molecule has 3 heteroatoms. The molecule has 2 atom stereocenters. The highest BCUT2D eigenvalue weighted by atomic mass is 16.3. The third-order valence-corrected chi connectivity index (χ3v) is 3.80. The maximum absolute atomic E-state index is 12.3. The van der Waals surface area contributed by atoms with Gasteiger partial charge in [0.2, 0.25) is 5.91 Å². The molecule has 1 aromatic carbocycles. The summed E-state index contributed by atoms with van der Waals surface area (Å²) in [6.45, 7) is 7.67. The van der Waals surface area contributed by atoms with Gasteiger partial charge in [0.1, 0.15) is 5.60 Å². The predicted molar refractivity (Wildman–Crippen MR) is 77.7 cm³/mol. The summed E-state index contributed by atoms with van der Waals surface area (Å²) in [5, 5.41) is 11.3. The van der Waals surface area contributed by atoms with E-state index in [9.17, 15) is 9.90 Å². The first-order valence-corrected chi connectivity index (χ1v) is 6.61. The van der Waals surface area contributed by atoms with Crippen LogP contribution in [0.15, 0.2) is 30.3 Å². The Bertz CT molecular complexity index is 434. The number of rotatable bonds is 3. The third-order valence-electron chi connectivity index (χ3n) is 3.80. The number of hydrogen-bond donors (Lipinski definition) is 1. The number of nitrogens with zero attached hydrogens (tertiary/aromatic N) is 1. The highest BCUT2D eigenvalue weighted by Crippen LogP contribution is 2.45. The van der Waals surface area contributed by atoms with E-state index in [1.54, 1.807) is 21.0 Å². The fourth-order valence-corrected chi connectivity index (χ4v) is 2.59. The first-order chi connectivity index (χ1) is 8.62. The number of hydrogen-bond acceptors (Lipinski definition) is 2. The van der Waals surface area contributed by atoms with E-state index in [0.29, 0.717) is 0 Å². The Hall–Kier alpha value is -1.35. The van der Waals surface area contributed by atoms with Gasteiger partial charge in [0, 0.05) is 14.1 Å². The molecule has 0 radical (unpaired) electrons. The lowest BCUT2D eigenvalue weighted by molar-refractivity contribution is -0.156. The Morgan fingerprint density at radius 1 is 1.16 bits per heavy atom. The lowest BCUT2D eigenvalue weighted by Gasteiger charge is -2.45. The third kappa shape index (κ3) is 2.81. The van der Waals surface area contributed by atoms with Gasteiger partial charge in [-0.25, -0.2) is 0 Å². The largest absolute Gasteiger partial charge is 0.384 e. The van der Waals surface area contributed by atoms with Gasteiger partial charge in [0.15, 0.2) is 0 Å². The van der Waals surface area contributed by atoms with Crippen molar-refractivity contribution in [1.29, 1.82) is 0 Å². The molecule has 0 aliphatic rings. The molecular weight excluding hydrogens is 238 g/mol. The Kier molecular flexibility index (Phi) is 4.41. The Morgan fingerprint density at radius 3 is 2.00 bits per heavy atom. The lowest BCUT2D eigenvalue weighted by atomic mass is 9.65.